The van der Waals surface area contributed by atoms with Crippen LogP contribution in [0.15, 0.2) is 24.3 Å². The van der Waals surface area contributed by atoms with Crippen molar-refractivity contribution in [1.29, 1.82) is 0 Å². The van der Waals surface area contributed by atoms with E-state index in [0.29, 0.717) is 0 Å². The number of halogens is 3. The lowest BCUT2D eigenvalue weighted by molar-refractivity contribution is 0.0600. The van der Waals surface area contributed by atoms with Gasteiger partial charge in [0.15, 0.2) is 0 Å². The Morgan fingerprint density at radius 3 is 2.20 bits per heavy atom. The zero-order valence-corrected chi connectivity index (χ0v) is 8.04. The van der Waals surface area contributed by atoms with Crippen molar-refractivity contribution in [1.82, 2.24) is 0 Å². The average molecular weight is 217 g/mol. The maximum atomic E-state index is 12.0. The van der Waals surface area contributed by atoms with E-state index in [-0.39, 0.29) is 11.1 Å². The van der Waals surface area contributed by atoms with Gasteiger partial charge < -0.3 is 17.7 Å². The highest BCUT2D eigenvalue weighted by molar-refractivity contribution is 6.57. The Morgan fingerprint density at radius 1 is 1.27 bits per heavy atom. The lowest BCUT2D eigenvalue weighted by Gasteiger charge is -2.13. The van der Waals surface area contributed by atoms with Crippen molar-refractivity contribution < 1.29 is 22.5 Å². The van der Waals surface area contributed by atoms with Gasteiger partial charge in [-0.3, -0.25) is 0 Å². The summed E-state index contributed by atoms with van der Waals surface area (Å²) in [5.74, 6) is -0.556. The maximum Gasteiger partial charge on any atom is 0.482 e. The molecule has 0 saturated heterocycles. The second kappa shape index (κ2) is 4.38. The van der Waals surface area contributed by atoms with E-state index >= 15 is 0 Å². The summed E-state index contributed by atoms with van der Waals surface area (Å²) in [6.07, 6.45) is -0.929. The van der Waals surface area contributed by atoms with Crippen LogP contribution in [0.5, 0.6) is 0 Å². The molecule has 6 heteroatoms. The van der Waals surface area contributed by atoms with E-state index in [4.69, 9.17) is 0 Å². The van der Waals surface area contributed by atoms with Crippen LogP contribution in [-0.2, 0) is 11.1 Å². The van der Waals surface area contributed by atoms with E-state index in [0.717, 1.165) is 0 Å². The molecule has 2 nitrogen and oxygen atoms in total. The average Bonchev–Trinajstić information content (AvgIpc) is 2.15. The first kappa shape index (κ1) is 11.6. The number of hydrogen-bond donors (Lipinski definition) is 0. The van der Waals surface area contributed by atoms with Crippen LogP contribution in [-0.4, -0.2) is 20.1 Å². The number of rotatable bonds is 3. The molecule has 0 spiro atoms. The fourth-order valence-electron chi connectivity index (χ4n) is 1.16. The molecule has 1 rings (SSSR count). The summed E-state index contributed by atoms with van der Waals surface area (Å²) in [6, 6.07) is 5.20. The molecule has 0 bridgehead atoms. The Hall–Kier alpha value is -1.46. The number of carbonyl (C=O) groups is 1. The molecule has 0 aliphatic heterocycles. The number of ether oxygens (including phenoxy) is 1. The topological polar surface area (TPSA) is 26.3 Å². The molecule has 1 aromatic rings. The highest BCUT2D eigenvalue weighted by Crippen LogP contribution is 2.16. The summed E-state index contributed by atoms with van der Waals surface area (Å²) in [5.41, 5.74) is 0.395. The third-order valence-corrected chi connectivity index (χ3v) is 1.84. The predicted octanol–water partition coefficient (Wildman–Crippen LogP) is 2.40. The van der Waals surface area contributed by atoms with Crippen molar-refractivity contribution in [2.24, 2.45) is 0 Å². The van der Waals surface area contributed by atoms with E-state index in [2.05, 4.69) is 4.74 Å². The summed E-state index contributed by atoms with van der Waals surface area (Å²) >= 11 is 0. The van der Waals surface area contributed by atoms with Crippen LogP contribution < -0.4 is 0 Å². The third kappa shape index (κ3) is 3.65. The molecule has 1 aromatic carbocycles. The second-order valence-electron chi connectivity index (χ2n) is 3.10. The monoisotopic (exact) mass is 217 g/mol. The van der Waals surface area contributed by atoms with Gasteiger partial charge in [-0.05, 0) is 12.1 Å². The van der Waals surface area contributed by atoms with Gasteiger partial charge in [-0.1, -0.05) is 24.0 Å². The summed E-state index contributed by atoms with van der Waals surface area (Å²) in [4.78, 5) is 11.0. The standard InChI is InChI=1S/C9H9BF3O2/c1-15-9(14)8-4-2-7(3-5-8)6-10(11,12)13/h2-5H,6H2,1H3/q-1. The van der Waals surface area contributed by atoms with Crippen LogP contribution in [0.1, 0.15) is 15.9 Å². The van der Waals surface area contributed by atoms with Crippen LogP contribution in [0.25, 0.3) is 0 Å². The highest BCUT2D eigenvalue weighted by atomic mass is 19.4. The number of methoxy groups -OCH3 is 1. The molecular weight excluding hydrogens is 208 g/mol. The molecule has 0 aromatic heterocycles. The van der Waals surface area contributed by atoms with Crippen molar-refractivity contribution in [3.8, 4) is 0 Å². The van der Waals surface area contributed by atoms with Gasteiger partial charge in [0.2, 0.25) is 0 Å². The first-order valence-corrected chi connectivity index (χ1v) is 4.30. The number of benzene rings is 1. The van der Waals surface area contributed by atoms with Crippen LogP contribution in [0, 0.1) is 0 Å². The van der Waals surface area contributed by atoms with Crippen molar-refractivity contribution in [3.05, 3.63) is 35.4 Å². The van der Waals surface area contributed by atoms with Crippen molar-refractivity contribution in [2.75, 3.05) is 7.11 Å². The Kier molecular flexibility index (Phi) is 3.39. The van der Waals surface area contributed by atoms with Crippen molar-refractivity contribution >= 4 is 12.9 Å². The van der Waals surface area contributed by atoms with Gasteiger partial charge in [0.05, 0.1) is 12.7 Å². The minimum absolute atomic E-state index is 0.148. The van der Waals surface area contributed by atoms with E-state index < -0.39 is 19.3 Å². The van der Waals surface area contributed by atoms with E-state index in [1.165, 1.54) is 31.4 Å². The molecule has 82 valence electrons. The molecule has 0 saturated carbocycles. The molecule has 0 N–H and O–H groups in total. The SMILES string of the molecule is COC(=O)c1ccc(C[B-](F)(F)F)cc1. The summed E-state index contributed by atoms with van der Waals surface area (Å²) in [6.45, 7) is -4.83. The number of hydrogen-bond acceptors (Lipinski definition) is 2. The fraction of sp³-hybridized carbons (Fsp3) is 0.222. The Balaban J connectivity index is 2.77. The van der Waals surface area contributed by atoms with Crippen molar-refractivity contribution in [3.63, 3.8) is 0 Å². The lowest BCUT2D eigenvalue weighted by Crippen LogP contribution is -2.19. The Bertz CT molecular complexity index is 345. The maximum absolute atomic E-state index is 12.0. The van der Waals surface area contributed by atoms with Gasteiger partial charge >= 0.3 is 12.9 Å². The van der Waals surface area contributed by atoms with Gasteiger partial charge in [0.1, 0.15) is 0 Å². The molecule has 0 aliphatic carbocycles. The number of esters is 1. The van der Waals surface area contributed by atoms with Crippen molar-refractivity contribution in [2.45, 2.75) is 6.32 Å². The molecule has 0 fully saturated rings. The molecule has 0 amide bonds. The van der Waals surface area contributed by atoms with Gasteiger partial charge in [-0.15, -0.1) is 0 Å². The fourth-order valence-corrected chi connectivity index (χ4v) is 1.16. The normalized spacial score (nSPS) is 11.2. The van der Waals surface area contributed by atoms with Gasteiger partial charge in [0.25, 0.3) is 0 Å². The Morgan fingerprint density at radius 2 is 1.80 bits per heavy atom. The van der Waals surface area contributed by atoms with E-state index in [1.54, 1.807) is 0 Å². The minimum atomic E-state index is -4.83. The van der Waals surface area contributed by atoms with Crippen LogP contribution in [0.3, 0.4) is 0 Å². The minimum Gasteiger partial charge on any atom is -0.465 e. The molecule has 0 heterocycles. The zero-order chi connectivity index (χ0) is 11.5. The largest absolute Gasteiger partial charge is 0.482 e. The summed E-state index contributed by atoms with van der Waals surface area (Å²) in [5, 5.41) is 0. The van der Waals surface area contributed by atoms with E-state index in [1.807, 2.05) is 0 Å². The third-order valence-electron chi connectivity index (χ3n) is 1.84. The van der Waals surface area contributed by atoms with Gasteiger partial charge in [0, 0.05) is 0 Å². The molecule has 0 atom stereocenters. The number of carbonyl (C=O) groups excluding carboxylic acids is 1. The Labute approximate surface area is 85.1 Å². The van der Waals surface area contributed by atoms with Crippen LogP contribution in [0.2, 0.25) is 0 Å². The van der Waals surface area contributed by atoms with Gasteiger partial charge in [-0.2, -0.15) is 0 Å². The predicted molar refractivity (Wildman–Crippen MR) is 50.6 cm³/mol. The highest BCUT2D eigenvalue weighted by Gasteiger charge is 2.23. The molecule has 15 heavy (non-hydrogen) atoms. The quantitative estimate of drug-likeness (QED) is 0.573. The smallest absolute Gasteiger partial charge is 0.465 e. The molecule has 0 aliphatic rings. The first-order valence-electron chi connectivity index (χ1n) is 4.30. The summed E-state index contributed by atoms with van der Waals surface area (Å²) < 4.78 is 40.5. The van der Waals surface area contributed by atoms with E-state index in [9.17, 15) is 17.7 Å². The van der Waals surface area contributed by atoms with Crippen LogP contribution >= 0.6 is 0 Å². The first-order chi connectivity index (χ1) is 6.92. The molecule has 0 unspecified atom stereocenters. The second-order valence-corrected chi connectivity index (χ2v) is 3.10. The molecule has 0 radical (unpaired) electrons. The van der Waals surface area contributed by atoms with Crippen LogP contribution in [0.4, 0.5) is 12.9 Å². The lowest BCUT2D eigenvalue weighted by atomic mass is 9.82. The summed E-state index contributed by atoms with van der Waals surface area (Å²) in [7, 11) is 1.22. The molecular formula is C9H9BF3O2-. The zero-order valence-electron chi connectivity index (χ0n) is 8.04. The van der Waals surface area contributed by atoms with Gasteiger partial charge in [-0.25, -0.2) is 4.79 Å².